The Morgan fingerprint density at radius 2 is 1.70 bits per heavy atom. The lowest BCUT2D eigenvalue weighted by Crippen LogP contribution is -2.12. The zero-order valence-corrected chi connectivity index (χ0v) is 12.6. The molecule has 104 valence electrons. The molecule has 0 aliphatic heterocycles. The lowest BCUT2D eigenvalue weighted by molar-refractivity contribution is 0.102. The highest BCUT2D eigenvalue weighted by atomic mass is 35.5. The van der Waals surface area contributed by atoms with Gasteiger partial charge in [-0.05, 0) is 42.8 Å². The Bertz CT molecular complexity index is 663. The molecule has 0 bridgehead atoms. The van der Waals surface area contributed by atoms with Gasteiger partial charge in [0.15, 0.2) is 0 Å². The number of aryl methyl sites for hydroxylation is 1. The van der Waals surface area contributed by atoms with Crippen LogP contribution in [0.4, 0.5) is 5.69 Å². The van der Waals surface area contributed by atoms with Gasteiger partial charge in [-0.15, -0.1) is 0 Å². The quantitative estimate of drug-likeness (QED) is 0.821. The van der Waals surface area contributed by atoms with Crippen molar-refractivity contribution in [3.8, 4) is 5.75 Å². The number of carbonyl (C=O) groups is 1. The van der Waals surface area contributed by atoms with Crippen molar-refractivity contribution in [2.24, 2.45) is 0 Å². The molecule has 0 atom stereocenters. The monoisotopic (exact) mass is 329 g/mol. The summed E-state index contributed by atoms with van der Waals surface area (Å²) < 4.78 is 0. The number of amides is 1. The zero-order chi connectivity index (χ0) is 14.9. The minimum absolute atomic E-state index is 0.129. The number of nitrogens with one attached hydrogen (secondary N) is 1. The first kappa shape index (κ1) is 15.0. The van der Waals surface area contributed by atoms with E-state index in [1.54, 1.807) is 13.0 Å². The molecule has 0 spiro atoms. The maximum absolute atomic E-state index is 12.1. The summed E-state index contributed by atoms with van der Waals surface area (Å²) in [7, 11) is 0. The van der Waals surface area contributed by atoms with Crippen molar-refractivity contribution < 1.29 is 9.90 Å². The summed E-state index contributed by atoms with van der Waals surface area (Å²) in [5, 5.41) is 13.0. The summed E-state index contributed by atoms with van der Waals surface area (Å²) >= 11 is 17.8. The maximum Gasteiger partial charge on any atom is 0.255 e. The van der Waals surface area contributed by atoms with Gasteiger partial charge in [0, 0.05) is 10.6 Å². The van der Waals surface area contributed by atoms with E-state index in [1.807, 2.05) is 0 Å². The molecule has 0 saturated heterocycles. The van der Waals surface area contributed by atoms with E-state index >= 15 is 0 Å². The third-order valence-electron chi connectivity index (χ3n) is 2.70. The molecule has 2 aromatic carbocycles. The molecule has 2 rings (SSSR count). The molecular weight excluding hydrogens is 321 g/mol. The Labute approximate surface area is 131 Å². The Morgan fingerprint density at radius 3 is 2.25 bits per heavy atom. The highest BCUT2D eigenvalue weighted by Gasteiger charge is 2.13. The fraction of sp³-hybridized carbons (Fsp3) is 0.0714. The molecule has 0 aliphatic carbocycles. The number of carbonyl (C=O) groups excluding carboxylic acids is 1. The summed E-state index contributed by atoms with van der Waals surface area (Å²) in [6.07, 6.45) is 0. The van der Waals surface area contributed by atoms with Gasteiger partial charge in [-0.2, -0.15) is 0 Å². The SMILES string of the molecule is Cc1cc(C(=O)Nc2c(Cl)cc(Cl)cc2Cl)ccc1O. The van der Waals surface area contributed by atoms with Gasteiger partial charge in [-0.1, -0.05) is 34.8 Å². The van der Waals surface area contributed by atoms with Gasteiger partial charge >= 0.3 is 0 Å². The first-order valence-electron chi connectivity index (χ1n) is 5.64. The van der Waals surface area contributed by atoms with Gasteiger partial charge in [0.2, 0.25) is 0 Å². The Balaban J connectivity index is 2.30. The summed E-state index contributed by atoms with van der Waals surface area (Å²) in [6, 6.07) is 7.52. The van der Waals surface area contributed by atoms with E-state index < -0.39 is 0 Å². The summed E-state index contributed by atoms with van der Waals surface area (Å²) in [6.45, 7) is 1.70. The molecule has 0 saturated carbocycles. The number of benzene rings is 2. The van der Waals surface area contributed by atoms with E-state index in [0.29, 0.717) is 21.8 Å². The van der Waals surface area contributed by atoms with Crippen LogP contribution in [0.3, 0.4) is 0 Å². The van der Waals surface area contributed by atoms with Gasteiger partial charge in [-0.3, -0.25) is 4.79 Å². The fourth-order valence-corrected chi connectivity index (χ4v) is 2.56. The lowest BCUT2D eigenvalue weighted by Gasteiger charge is -2.10. The third kappa shape index (κ3) is 3.18. The standard InChI is InChI=1S/C14H10Cl3NO2/c1-7-4-8(2-3-12(7)19)14(20)18-13-10(16)5-9(15)6-11(13)17/h2-6,19H,1H3,(H,18,20). The van der Waals surface area contributed by atoms with Gasteiger partial charge in [0.05, 0.1) is 15.7 Å². The smallest absolute Gasteiger partial charge is 0.255 e. The van der Waals surface area contributed by atoms with E-state index in [4.69, 9.17) is 34.8 Å². The Kier molecular flexibility index (Phi) is 4.43. The summed E-state index contributed by atoms with van der Waals surface area (Å²) in [5.41, 5.74) is 1.29. The van der Waals surface area contributed by atoms with Crippen LogP contribution in [0, 0.1) is 6.92 Å². The number of phenols is 1. The first-order chi connectivity index (χ1) is 9.38. The second-order valence-electron chi connectivity index (χ2n) is 4.20. The van der Waals surface area contributed by atoms with Crippen LogP contribution in [-0.4, -0.2) is 11.0 Å². The van der Waals surface area contributed by atoms with Crippen LogP contribution >= 0.6 is 34.8 Å². The normalized spacial score (nSPS) is 10.4. The van der Waals surface area contributed by atoms with Gasteiger partial charge in [0.1, 0.15) is 5.75 Å². The number of anilines is 1. The molecule has 0 unspecified atom stereocenters. The van der Waals surface area contributed by atoms with Gasteiger partial charge in [0.25, 0.3) is 5.91 Å². The van der Waals surface area contributed by atoms with Crippen LogP contribution in [0.25, 0.3) is 0 Å². The van der Waals surface area contributed by atoms with Crippen molar-refractivity contribution in [3.05, 3.63) is 56.5 Å². The third-order valence-corrected chi connectivity index (χ3v) is 3.52. The molecule has 1 amide bonds. The molecule has 0 heterocycles. The van der Waals surface area contributed by atoms with Crippen LogP contribution in [0.2, 0.25) is 15.1 Å². The van der Waals surface area contributed by atoms with E-state index in [-0.39, 0.29) is 21.7 Å². The average Bonchev–Trinajstić information content (AvgIpc) is 2.36. The minimum Gasteiger partial charge on any atom is -0.508 e. The van der Waals surface area contributed by atoms with Crippen molar-refractivity contribution in [3.63, 3.8) is 0 Å². The molecule has 6 heteroatoms. The zero-order valence-electron chi connectivity index (χ0n) is 10.4. The highest BCUT2D eigenvalue weighted by Crippen LogP contribution is 2.34. The number of aromatic hydroxyl groups is 1. The molecule has 3 nitrogen and oxygen atoms in total. The predicted octanol–water partition coefficient (Wildman–Crippen LogP) is 4.91. The second kappa shape index (κ2) is 5.92. The van der Waals surface area contributed by atoms with Gasteiger partial charge in [-0.25, -0.2) is 0 Å². The van der Waals surface area contributed by atoms with Crippen LogP contribution in [0.15, 0.2) is 30.3 Å². The summed E-state index contributed by atoms with van der Waals surface area (Å²) in [5.74, 6) is -0.247. The molecule has 0 radical (unpaired) electrons. The van der Waals surface area contributed by atoms with E-state index in [9.17, 15) is 9.90 Å². The van der Waals surface area contributed by atoms with Crippen molar-refractivity contribution in [1.29, 1.82) is 0 Å². The molecule has 20 heavy (non-hydrogen) atoms. The number of rotatable bonds is 2. The van der Waals surface area contributed by atoms with Crippen LogP contribution in [0.5, 0.6) is 5.75 Å². The van der Waals surface area contributed by atoms with Crippen molar-refractivity contribution in [1.82, 2.24) is 0 Å². The van der Waals surface area contributed by atoms with Gasteiger partial charge < -0.3 is 10.4 Å². The van der Waals surface area contributed by atoms with E-state index in [1.165, 1.54) is 24.3 Å². The number of halogens is 3. The first-order valence-corrected chi connectivity index (χ1v) is 6.77. The number of hydrogen-bond donors (Lipinski definition) is 2. The molecule has 2 aromatic rings. The average molecular weight is 331 g/mol. The van der Waals surface area contributed by atoms with E-state index in [2.05, 4.69) is 5.32 Å². The molecular formula is C14H10Cl3NO2. The molecule has 0 aliphatic rings. The Morgan fingerprint density at radius 1 is 1.10 bits per heavy atom. The number of phenolic OH excluding ortho intramolecular Hbond substituents is 1. The van der Waals surface area contributed by atoms with Crippen LogP contribution in [0.1, 0.15) is 15.9 Å². The highest BCUT2D eigenvalue weighted by molar-refractivity contribution is 6.42. The largest absolute Gasteiger partial charge is 0.508 e. The Hall–Kier alpha value is -1.42. The van der Waals surface area contributed by atoms with E-state index in [0.717, 1.165) is 0 Å². The topological polar surface area (TPSA) is 49.3 Å². The lowest BCUT2D eigenvalue weighted by atomic mass is 10.1. The molecule has 0 fully saturated rings. The predicted molar refractivity (Wildman–Crippen MR) is 82.3 cm³/mol. The van der Waals surface area contributed by atoms with Crippen molar-refractivity contribution >= 4 is 46.4 Å². The van der Waals surface area contributed by atoms with Crippen molar-refractivity contribution in [2.75, 3.05) is 5.32 Å². The van der Waals surface area contributed by atoms with Crippen LogP contribution < -0.4 is 5.32 Å². The molecule has 2 N–H and O–H groups in total. The van der Waals surface area contributed by atoms with Crippen LogP contribution in [-0.2, 0) is 0 Å². The fourth-order valence-electron chi connectivity index (χ4n) is 1.64. The number of hydrogen-bond acceptors (Lipinski definition) is 2. The second-order valence-corrected chi connectivity index (χ2v) is 5.45. The summed E-state index contributed by atoms with van der Waals surface area (Å²) in [4.78, 5) is 12.1. The maximum atomic E-state index is 12.1. The molecule has 0 aromatic heterocycles. The minimum atomic E-state index is -0.376. The van der Waals surface area contributed by atoms with Crippen molar-refractivity contribution in [2.45, 2.75) is 6.92 Å².